The second-order valence-corrected chi connectivity index (χ2v) is 6.63. The first-order valence-corrected chi connectivity index (χ1v) is 8.55. The van der Waals surface area contributed by atoms with Gasteiger partial charge in [0.25, 0.3) is 5.91 Å². The molecule has 0 unspecified atom stereocenters. The van der Waals surface area contributed by atoms with Crippen LogP contribution in [0.25, 0.3) is 16.9 Å². The lowest BCUT2D eigenvalue weighted by molar-refractivity contribution is 0.0941. The Hall–Kier alpha value is -2.88. The van der Waals surface area contributed by atoms with Crippen LogP contribution in [0.15, 0.2) is 60.7 Å². The molecule has 0 saturated carbocycles. The van der Waals surface area contributed by atoms with Crippen LogP contribution in [-0.2, 0) is 0 Å². The van der Waals surface area contributed by atoms with Gasteiger partial charge in [0.2, 0.25) is 0 Å². The number of benzene rings is 2. The molecule has 4 heteroatoms. The fourth-order valence-corrected chi connectivity index (χ4v) is 2.56. The molecule has 0 saturated heterocycles. The van der Waals surface area contributed by atoms with Crippen molar-refractivity contribution in [3.8, 4) is 16.9 Å². The van der Waals surface area contributed by atoms with Gasteiger partial charge in [0.05, 0.1) is 11.4 Å². The summed E-state index contributed by atoms with van der Waals surface area (Å²) in [4.78, 5) is 12.7. The quantitative estimate of drug-likeness (QED) is 0.759. The Labute approximate surface area is 148 Å². The number of nitrogens with one attached hydrogen (secondary N) is 1. The molecule has 3 aromatic rings. The van der Waals surface area contributed by atoms with E-state index in [1.165, 1.54) is 5.56 Å². The van der Waals surface area contributed by atoms with E-state index in [-0.39, 0.29) is 5.91 Å². The number of aryl methyl sites for hydroxylation is 1. The van der Waals surface area contributed by atoms with Crippen molar-refractivity contribution in [1.29, 1.82) is 0 Å². The summed E-state index contributed by atoms with van der Waals surface area (Å²) in [5, 5.41) is 7.67. The largest absolute Gasteiger partial charge is 0.350 e. The van der Waals surface area contributed by atoms with Gasteiger partial charge < -0.3 is 5.32 Å². The molecule has 4 nitrogen and oxygen atoms in total. The molecule has 0 aliphatic rings. The van der Waals surface area contributed by atoms with Crippen LogP contribution in [0.1, 0.15) is 29.9 Å². The number of hydrogen-bond acceptors (Lipinski definition) is 2. The minimum atomic E-state index is -0.107. The van der Waals surface area contributed by atoms with E-state index in [0.717, 1.165) is 16.9 Å². The maximum absolute atomic E-state index is 12.7. The van der Waals surface area contributed by atoms with Crippen molar-refractivity contribution in [2.24, 2.45) is 5.92 Å². The number of aromatic nitrogens is 2. The van der Waals surface area contributed by atoms with Gasteiger partial charge in [-0.3, -0.25) is 4.79 Å². The molecule has 0 radical (unpaired) electrons. The summed E-state index contributed by atoms with van der Waals surface area (Å²) >= 11 is 0. The molecule has 0 fully saturated rings. The topological polar surface area (TPSA) is 46.9 Å². The molecule has 1 amide bonds. The zero-order valence-electron chi connectivity index (χ0n) is 14.9. The molecule has 128 valence electrons. The van der Waals surface area contributed by atoms with E-state index in [4.69, 9.17) is 0 Å². The van der Waals surface area contributed by atoms with Crippen molar-refractivity contribution < 1.29 is 4.79 Å². The number of carbonyl (C=O) groups excluding carboxylic acids is 1. The molecule has 1 N–H and O–H groups in total. The van der Waals surface area contributed by atoms with Crippen molar-refractivity contribution in [2.75, 3.05) is 6.54 Å². The maximum atomic E-state index is 12.7. The van der Waals surface area contributed by atoms with Crippen molar-refractivity contribution in [1.82, 2.24) is 15.1 Å². The molecule has 1 heterocycles. The first-order valence-electron chi connectivity index (χ1n) is 8.55. The lowest BCUT2D eigenvalue weighted by Gasteiger charge is -2.10. The van der Waals surface area contributed by atoms with E-state index in [1.807, 2.05) is 67.6 Å². The normalized spacial score (nSPS) is 10.9. The monoisotopic (exact) mass is 333 g/mol. The highest BCUT2D eigenvalue weighted by Gasteiger charge is 2.17. The molecular weight excluding hydrogens is 310 g/mol. The number of rotatable bonds is 5. The molecule has 0 bridgehead atoms. The average Bonchev–Trinajstić information content (AvgIpc) is 3.06. The van der Waals surface area contributed by atoms with Gasteiger partial charge in [-0.2, -0.15) is 5.10 Å². The number of carbonyl (C=O) groups is 1. The third kappa shape index (κ3) is 3.97. The minimum Gasteiger partial charge on any atom is -0.350 e. The number of nitrogens with zero attached hydrogens (tertiary/aromatic N) is 2. The van der Waals surface area contributed by atoms with Gasteiger partial charge in [-0.15, -0.1) is 0 Å². The predicted molar refractivity (Wildman–Crippen MR) is 101 cm³/mol. The van der Waals surface area contributed by atoms with Gasteiger partial charge >= 0.3 is 0 Å². The van der Waals surface area contributed by atoms with Crippen molar-refractivity contribution in [3.63, 3.8) is 0 Å². The summed E-state index contributed by atoms with van der Waals surface area (Å²) in [5.74, 6) is 0.289. The average molecular weight is 333 g/mol. The second-order valence-electron chi connectivity index (χ2n) is 6.63. The lowest BCUT2D eigenvalue weighted by Crippen LogP contribution is -2.29. The summed E-state index contributed by atoms with van der Waals surface area (Å²) in [5.41, 5.74) is 4.37. The highest BCUT2D eigenvalue weighted by atomic mass is 16.2. The van der Waals surface area contributed by atoms with Crippen LogP contribution in [0.2, 0.25) is 0 Å². The predicted octanol–water partition coefficient (Wildman–Crippen LogP) is 4.23. The highest BCUT2D eigenvalue weighted by Crippen LogP contribution is 2.22. The molecule has 0 aliphatic carbocycles. The lowest BCUT2D eigenvalue weighted by atomic mass is 10.1. The SMILES string of the molecule is Cc1ccc(-n2nc(-c3ccccc3)cc2C(=O)NCC(C)C)cc1. The third-order valence-corrected chi connectivity index (χ3v) is 3.96. The van der Waals surface area contributed by atoms with Gasteiger partial charge in [0.1, 0.15) is 5.69 Å². The summed E-state index contributed by atoms with van der Waals surface area (Å²) in [7, 11) is 0. The van der Waals surface area contributed by atoms with Gasteiger partial charge in [-0.25, -0.2) is 4.68 Å². The zero-order valence-corrected chi connectivity index (χ0v) is 14.9. The van der Waals surface area contributed by atoms with E-state index in [0.29, 0.717) is 18.2 Å². The van der Waals surface area contributed by atoms with E-state index >= 15 is 0 Å². The number of hydrogen-bond donors (Lipinski definition) is 1. The summed E-state index contributed by atoms with van der Waals surface area (Å²) in [6.07, 6.45) is 0. The van der Waals surface area contributed by atoms with Crippen LogP contribution in [0.3, 0.4) is 0 Å². The molecule has 0 atom stereocenters. The van der Waals surface area contributed by atoms with E-state index in [9.17, 15) is 4.79 Å². The van der Waals surface area contributed by atoms with Crippen LogP contribution in [0.5, 0.6) is 0 Å². The first kappa shape index (κ1) is 17.0. The molecular formula is C21H23N3O. The summed E-state index contributed by atoms with van der Waals surface area (Å²) < 4.78 is 1.72. The van der Waals surface area contributed by atoms with Crippen LogP contribution in [-0.4, -0.2) is 22.2 Å². The summed E-state index contributed by atoms with van der Waals surface area (Å²) in [6.45, 7) is 6.83. The minimum absolute atomic E-state index is 0.107. The Morgan fingerprint density at radius 1 is 1.08 bits per heavy atom. The van der Waals surface area contributed by atoms with Crippen molar-refractivity contribution in [3.05, 3.63) is 71.9 Å². The Kier molecular flexibility index (Phi) is 4.98. The van der Waals surface area contributed by atoms with Gasteiger partial charge in [-0.05, 0) is 31.0 Å². The molecule has 2 aromatic carbocycles. The van der Waals surface area contributed by atoms with Gasteiger partial charge in [-0.1, -0.05) is 61.9 Å². The Morgan fingerprint density at radius 2 is 1.76 bits per heavy atom. The van der Waals surface area contributed by atoms with Crippen LogP contribution >= 0.6 is 0 Å². The molecule has 3 rings (SSSR count). The Morgan fingerprint density at radius 3 is 2.40 bits per heavy atom. The standard InChI is InChI=1S/C21H23N3O/c1-15(2)14-22-21(25)20-13-19(17-7-5-4-6-8-17)23-24(20)18-11-9-16(3)10-12-18/h4-13,15H,14H2,1-3H3,(H,22,25). The van der Waals surface area contributed by atoms with Crippen LogP contribution in [0.4, 0.5) is 0 Å². The first-order chi connectivity index (χ1) is 12.0. The van der Waals surface area contributed by atoms with Crippen molar-refractivity contribution >= 4 is 5.91 Å². The second kappa shape index (κ2) is 7.34. The van der Waals surface area contributed by atoms with Crippen LogP contribution < -0.4 is 5.32 Å². The maximum Gasteiger partial charge on any atom is 0.270 e. The Balaban J connectivity index is 2.03. The third-order valence-electron chi connectivity index (χ3n) is 3.96. The highest BCUT2D eigenvalue weighted by molar-refractivity contribution is 5.94. The molecule has 1 aromatic heterocycles. The Bertz CT molecular complexity index is 849. The van der Waals surface area contributed by atoms with Crippen LogP contribution in [0, 0.1) is 12.8 Å². The van der Waals surface area contributed by atoms with E-state index in [1.54, 1.807) is 4.68 Å². The zero-order chi connectivity index (χ0) is 17.8. The number of amides is 1. The molecule has 25 heavy (non-hydrogen) atoms. The van der Waals surface area contributed by atoms with Gasteiger partial charge in [0, 0.05) is 12.1 Å². The fraction of sp³-hybridized carbons (Fsp3) is 0.238. The molecule has 0 aliphatic heterocycles. The fourth-order valence-electron chi connectivity index (χ4n) is 2.56. The van der Waals surface area contributed by atoms with Gasteiger partial charge in [0.15, 0.2) is 0 Å². The molecule has 0 spiro atoms. The van der Waals surface area contributed by atoms with Crippen molar-refractivity contribution in [2.45, 2.75) is 20.8 Å². The van der Waals surface area contributed by atoms with E-state index in [2.05, 4.69) is 24.3 Å². The van der Waals surface area contributed by atoms with E-state index < -0.39 is 0 Å². The smallest absolute Gasteiger partial charge is 0.270 e. The summed E-state index contributed by atoms with van der Waals surface area (Å²) in [6, 6.07) is 19.8.